The van der Waals surface area contributed by atoms with Crippen molar-refractivity contribution in [1.29, 1.82) is 0 Å². The molecule has 0 N–H and O–H groups in total. The summed E-state index contributed by atoms with van der Waals surface area (Å²) in [5.74, 6) is 0.197. The molecule has 0 heterocycles. The Morgan fingerprint density at radius 3 is 2.52 bits per heavy atom. The molecule has 0 radical (unpaired) electrons. The van der Waals surface area contributed by atoms with Crippen LogP contribution < -0.4 is 0 Å². The lowest BCUT2D eigenvalue weighted by Crippen LogP contribution is -2.25. The van der Waals surface area contributed by atoms with Crippen molar-refractivity contribution < 1.29 is 4.79 Å². The molecule has 3 heteroatoms. The second-order valence-corrected chi connectivity index (χ2v) is 5.95. The SMILES string of the molecule is CCN(CCC(=O)c1cccc(Br)c1)Cc1ccccc1. The Kier molecular flexibility index (Phi) is 6.15. The molecule has 0 aromatic heterocycles. The van der Waals surface area contributed by atoms with Crippen LogP contribution in [-0.2, 0) is 6.54 Å². The first-order chi connectivity index (χ1) is 10.2. The zero-order chi connectivity index (χ0) is 15.1. The number of ketones is 1. The molecule has 0 fully saturated rings. The maximum atomic E-state index is 12.2. The van der Waals surface area contributed by atoms with Crippen LogP contribution in [0.25, 0.3) is 0 Å². The van der Waals surface area contributed by atoms with Gasteiger partial charge in [0.25, 0.3) is 0 Å². The Bertz CT molecular complexity index is 583. The van der Waals surface area contributed by atoms with E-state index in [0.29, 0.717) is 6.42 Å². The van der Waals surface area contributed by atoms with Crippen molar-refractivity contribution in [3.63, 3.8) is 0 Å². The third-order valence-corrected chi connectivity index (χ3v) is 3.99. The lowest BCUT2D eigenvalue weighted by atomic mass is 10.1. The number of nitrogens with zero attached hydrogens (tertiary/aromatic N) is 1. The molecular weight excluding hydrogens is 326 g/mol. The second kappa shape index (κ2) is 8.11. The molecule has 0 atom stereocenters. The van der Waals surface area contributed by atoms with Crippen molar-refractivity contribution in [2.75, 3.05) is 13.1 Å². The predicted molar refractivity (Wildman–Crippen MR) is 90.5 cm³/mol. The molecule has 0 aliphatic heterocycles. The fourth-order valence-electron chi connectivity index (χ4n) is 2.26. The van der Waals surface area contributed by atoms with Crippen LogP contribution in [0.3, 0.4) is 0 Å². The zero-order valence-electron chi connectivity index (χ0n) is 12.3. The molecule has 2 aromatic rings. The van der Waals surface area contributed by atoms with E-state index in [9.17, 15) is 4.79 Å². The minimum Gasteiger partial charge on any atom is -0.299 e. The van der Waals surface area contributed by atoms with Crippen LogP contribution >= 0.6 is 15.9 Å². The van der Waals surface area contributed by atoms with Crippen molar-refractivity contribution in [1.82, 2.24) is 4.90 Å². The minimum absolute atomic E-state index is 0.197. The first-order valence-electron chi connectivity index (χ1n) is 7.24. The summed E-state index contributed by atoms with van der Waals surface area (Å²) in [5.41, 5.74) is 2.06. The molecule has 0 bridgehead atoms. The lowest BCUT2D eigenvalue weighted by Gasteiger charge is -2.20. The fourth-order valence-corrected chi connectivity index (χ4v) is 2.66. The van der Waals surface area contributed by atoms with Crippen molar-refractivity contribution in [3.8, 4) is 0 Å². The summed E-state index contributed by atoms with van der Waals surface area (Å²) in [6, 6.07) is 18.0. The summed E-state index contributed by atoms with van der Waals surface area (Å²) >= 11 is 3.41. The van der Waals surface area contributed by atoms with E-state index in [0.717, 1.165) is 29.7 Å². The minimum atomic E-state index is 0.197. The van der Waals surface area contributed by atoms with Gasteiger partial charge in [0.1, 0.15) is 0 Å². The maximum Gasteiger partial charge on any atom is 0.164 e. The molecule has 0 aliphatic rings. The van der Waals surface area contributed by atoms with E-state index < -0.39 is 0 Å². The van der Waals surface area contributed by atoms with Gasteiger partial charge < -0.3 is 0 Å². The number of rotatable bonds is 7. The summed E-state index contributed by atoms with van der Waals surface area (Å²) in [6.07, 6.45) is 0.553. The zero-order valence-corrected chi connectivity index (χ0v) is 13.8. The van der Waals surface area contributed by atoms with Gasteiger partial charge in [-0.15, -0.1) is 0 Å². The topological polar surface area (TPSA) is 20.3 Å². The lowest BCUT2D eigenvalue weighted by molar-refractivity contribution is 0.0963. The highest BCUT2D eigenvalue weighted by Crippen LogP contribution is 2.14. The first-order valence-corrected chi connectivity index (χ1v) is 8.03. The van der Waals surface area contributed by atoms with Crippen LogP contribution in [-0.4, -0.2) is 23.8 Å². The number of hydrogen-bond acceptors (Lipinski definition) is 2. The number of Topliss-reactive ketones (excluding diaryl/α,β-unsaturated/α-hetero) is 1. The molecule has 110 valence electrons. The Morgan fingerprint density at radius 2 is 1.86 bits per heavy atom. The molecule has 0 spiro atoms. The molecule has 0 aliphatic carbocycles. The summed E-state index contributed by atoms with van der Waals surface area (Å²) in [7, 11) is 0. The van der Waals surface area contributed by atoms with E-state index in [1.807, 2.05) is 30.3 Å². The summed E-state index contributed by atoms with van der Waals surface area (Å²) < 4.78 is 0.949. The molecule has 0 unspecified atom stereocenters. The maximum absolute atomic E-state index is 12.2. The smallest absolute Gasteiger partial charge is 0.164 e. The summed E-state index contributed by atoms with van der Waals surface area (Å²) in [5, 5.41) is 0. The molecule has 2 nitrogen and oxygen atoms in total. The Morgan fingerprint density at radius 1 is 1.10 bits per heavy atom. The molecule has 0 amide bonds. The standard InChI is InChI=1S/C18H20BrNO/c1-2-20(14-15-7-4-3-5-8-15)12-11-18(21)16-9-6-10-17(19)13-16/h3-10,13H,2,11-12,14H2,1H3. The quantitative estimate of drug-likeness (QED) is 0.686. The Hall–Kier alpha value is -1.45. The first kappa shape index (κ1) is 15.9. The van der Waals surface area contributed by atoms with E-state index in [1.165, 1.54) is 5.56 Å². The Balaban J connectivity index is 1.89. The van der Waals surface area contributed by atoms with Crippen molar-refractivity contribution in [2.24, 2.45) is 0 Å². The van der Waals surface area contributed by atoms with Gasteiger partial charge in [-0.3, -0.25) is 9.69 Å². The number of carbonyl (C=O) groups excluding carboxylic acids is 1. The number of carbonyl (C=O) groups is 1. The second-order valence-electron chi connectivity index (χ2n) is 5.04. The van der Waals surface area contributed by atoms with Crippen LogP contribution in [0.5, 0.6) is 0 Å². The molecule has 0 saturated heterocycles. The monoisotopic (exact) mass is 345 g/mol. The van der Waals surface area contributed by atoms with Gasteiger partial charge in [0.2, 0.25) is 0 Å². The van der Waals surface area contributed by atoms with E-state index >= 15 is 0 Å². The van der Waals surface area contributed by atoms with Crippen LogP contribution in [0.15, 0.2) is 59.1 Å². The average Bonchev–Trinajstić information content (AvgIpc) is 2.52. The third kappa shape index (κ3) is 5.10. The fraction of sp³-hybridized carbons (Fsp3) is 0.278. The highest BCUT2D eigenvalue weighted by atomic mass is 79.9. The largest absolute Gasteiger partial charge is 0.299 e. The van der Waals surface area contributed by atoms with Crippen molar-refractivity contribution in [2.45, 2.75) is 19.9 Å². The van der Waals surface area contributed by atoms with Gasteiger partial charge in [-0.2, -0.15) is 0 Å². The molecular formula is C18H20BrNO. The average molecular weight is 346 g/mol. The van der Waals surface area contributed by atoms with Gasteiger partial charge in [-0.1, -0.05) is 65.3 Å². The molecule has 2 rings (SSSR count). The van der Waals surface area contributed by atoms with Crippen LogP contribution in [0.2, 0.25) is 0 Å². The van der Waals surface area contributed by atoms with E-state index in [2.05, 4.69) is 52.0 Å². The van der Waals surface area contributed by atoms with Gasteiger partial charge in [0.15, 0.2) is 5.78 Å². The number of benzene rings is 2. The molecule has 0 saturated carbocycles. The van der Waals surface area contributed by atoms with Crippen LogP contribution in [0.4, 0.5) is 0 Å². The van der Waals surface area contributed by atoms with Crippen molar-refractivity contribution >= 4 is 21.7 Å². The number of hydrogen-bond donors (Lipinski definition) is 0. The normalized spacial score (nSPS) is 10.8. The third-order valence-electron chi connectivity index (χ3n) is 3.50. The van der Waals surface area contributed by atoms with E-state index in [1.54, 1.807) is 0 Å². The Labute approximate surface area is 134 Å². The summed E-state index contributed by atoms with van der Waals surface area (Å²) in [4.78, 5) is 14.5. The molecule has 2 aromatic carbocycles. The van der Waals surface area contributed by atoms with Crippen LogP contribution in [0.1, 0.15) is 29.3 Å². The number of halogens is 1. The van der Waals surface area contributed by atoms with Crippen molar-refractivity contribution in [3.05, 3.63) is 70.2 Å². The van der Waals surface area contributed by atoms with Gasteiger partial charge in [0, 0.05) is 29.5 Å². The highest BCUT2D eigenvalue weighted by molar-refractivity contribution is 9.10. The van der Waals surface area contributed by atoms with Gasteiger partial charge in [0.05, 0.1) is 0 Å². The van der Waals surface area contributed by atoms with Gasteiger partial charge in [-0.05, 0) is 24.2 Å². The van der Waals surface area contributed by atoms with Gasteiger partial charge >= 0.3 is 0 Å². The summed E-state index contributed by atoms with van der Waals surface area (Å²) in [6.45, 7) is 4.76. The van der Waals surface area contributed by atoms with E-state index in [4.69, 9.17) is 0 Å². The highest BCUT2D eigenvalue weighted by Gasteiger charge is 2.09. The van der Waals surface area contributed by atoms with E-state index in [-0.39, 0.29) is 5.78 Å². The van der Waals surface area contributed by atoms with Crippen LogP contribution in [0, 0.1) is 0 Å². The predicted octanol–water partition coefficient (Wildman–Crippen LogP) is 4.54. The molecule has 21 heavy (non-hydrogen) atoms. The van der Waals surface area contributed by atoms with Gasteiger partial charge in [-0.25, -0.2) is 0 Å².